The lowest BCUT2D eigenvalue weighted by Gasteiger charge is -2.28. The number of allylic oxidation sites excluding steroid dienone is 2. The molecule has 1 fully saturated rings. The standard InChI is InChI=1S/C20H24ClN3OS/c21-16-4-5-18-17(10-16)19(25)24-20(23-18)26-7-6-15(12-26)9-13-2-1-3-14(8-13)11-22/h4-7,10,12-14,23H,1-3,8-9,11,22H2,(H,24,25). The fraction of sp³-hybridized carbons (Fsp3) is 0.400. The Morgan fingerprint density at radius 3 is 2.92 bits per heavy atom. The molecule has 0 spiro atoms. The van der Waals surface area contributed by atoms with E-state index in [0.717, 1.165) is 29.2 Å². The van der Waals surface area contributed by atoms with Crippen molar-refractivity contribution in [2.24, 2.45) is 17.6 Å². The zero-order chi connectivity index (χ0) is 18.1. The van der Waals surface area contributed by atoms with E-state index in [1.54, 1.807) is 12.1 Å². The van der Waals surface area contributed by atoms with Gasteiger partial charge < -0.3 is 15.7 Å². The van der Waals surface area contributed by atoms with Crippen molar-refractivity contribution in [2.75, 3.05) is 6.54 Å². The van der Waals surface area contributed by atoms with Crippen LogP contribution in [0.15, 0.2) is 45.5 Å². The Hall–Kier alpha value is -1.56. The minimum absolute atomic E-state index is 0.0999. The van der Waals surface area contributed by atoms with E-state index >= 15 is 0 Å². The van der Waals surface area contributed by atoms with E-state index in [2.05, 4.69) is 26.9 Å². The molecule has 138 valence electrons. The van der Waals surface area contributed by atoms with E-state index in [1.165, 1.54) is 31.3 Å². The fourth-order valence-electron chi connectivity index (χ4n) is 4.04. The lowest BCUT2D eigenvalue weighted by molar-refractivity contribution is 0.271. The average Bonchev–Trinajstić information content (AvgIpc) is 3.11. The maximum atomic E-state index is 12.4. The molecule has 1 aliphatic heterocycles. The van der Waals surface area contributed by atoms with Crippen LogP contribution in [0.1, 0.15) is 32.1 Å². The van der Waals surface area contributed by atoms with Crippen molar-refractivity contribution in [1.29, 1.82) is 0 Å². The van der Waals surface area contributed by atoms with E-state index < -0.39 is 0 Å². The molecule has 2 heterocycles. The Morgan fingerprint density at radius 1 is 1.23 bits per heavy atom. The third-order valence-corrected chi connectivity index (χ3v) is 7.29. The van der Waals surface area contributed by atoms with Crippen LogP contribution >= 0.6 is 22.1 Å². The van der Waals surface area contributed by atoms with Gasteiger partial charge in [0.15, 0.2) is 0 Å². The highest BCUT2D eigenvalue weighted by molar-refractivity contribution is 8.14. The van der Waals surface area contributed by atoms with Gasteiger partial charge in [-0.05, 0) is 72.2 Å². The van der Waals surface area contributed by atoms with Crippen LogP contribution in [0.4, 0.5) is 0 Å². The van der Waals surface area contributed by atoms with Crippen LogP contribution in [-0.4, -0.2) is 16.5 Å². The summed E-state index contributed by atoms with van der Waals surface area (Å²) in [6.07, 6.45) is 8.45. The van der Waals surface area contributed by atoms with Crippen LogP contribution in [-0.2, 0) is 0 Å². The molecule has 26 heavy (non-hydrogen) atoms. The predicted molar refractivity (Wildman–Crippen MR) is 111 cm³/mol. The molecule has 4 rings (SSSR count). The van der Waals surface area contributed by atoms with E-state index in [9.17, 15) is 4.79 Å². The minimum atomic E-state index is -0.219. The SMILES string of the molecule is NCC1CCCC(CC2=CS(=c3[nH]c(=O)c4cc(Cl)ccc4[nH]3)C=C2)C1. The third kappa shape index (κ3) is 3.75. The summed E-state index contributed by atoms with van der Waals surface area (Å²) < 4.78 is 0.847. The first-order valence-electron chi connectivity index (χ1n) is 9.18. The highest BCUT2D eigenvalue weighted by Crippen LogP contribution is 2.37. The van der Waals surface area contributed by atoms with Gasteiger partial charge in [-0.3, -0.25) is 4.79 Å². The van der Waals surface area contributed by atoms with E-state index in [4.69, 9.17) is 17.3 Å². The number of halogens is 1. The van der Waals surface area contributed by atoms with Crippen LogP contribution in [0, 0.1) is 16.6 Å². The van der Waals surface area contributed by atoms with Crippen LogP contribution < -0.4 is 11.3 Å². The summed E-state index contributed by atoms with van der Waals surface area (Å²) in [5, 5.41) is 5.63. The Bertz CT molecular complexity index is 1020. The summed E-state index contributed by atoms with van der Waals surface area (Å²) >= 11 is 6.00. The number of aromatic nitrogens is 2. The van der Waals surface area contributed by atoms with Crippen LogP contribution in [0.2, 0.25) is 5.02 Å². The molecule has 0 radical (unpaired) electrons. The molecule has 0 bridgehead atoms. The molecule has 1 aliphatic carbocycles. The predicted octanol–water partition coefficient (Wildman–Crippen LogP) is 4.88. The van der Waals surface area contributed by atoms with Crippen molar-refractivity contribution in [3.63, 3.8) is 0 Å². The molecule has 4 nitrogen and oxygen atoms in total. The van der Waals surface area contributed by atoms with Crippen molar-refractivity contribution in [1.82, 2.24) is 9.97 Å². The summed E-state index contributed by atoms with van der Waals surface area (Å²) in [6, 6.07) is 5.36. The number of nitrogens with one attached hydrogen (secondary N) is 2. The zero-order valence-corrected chi connectivity index (χ0v) is 16.2. The van der Waals surface area contributed by atoms with Gasteiger partial charge in [-0.1, -0.05) is 41.0 Å². The number of fused-ring (bicyclic) bond motifs is 1. The van der Waals surface area contributed by atoms with Gasteiger partial charge in [0, 0.05) is 5.02 Å². The molecule has 1 aromatic heterocycles. The molecular weight excluding hydrogens is 366 g/mol. The number of hydrogen-bond acceptors (Lipinski definition) is 2. The molecule has 0 amide bonds. The molecular formula is C20H24ClN3OS. The number of hydrogen-bond donors (Lipinski definition) is 3. The van der Waals surface area contributed by atoms with Crippen molar-refractivity contribution in [2.45, 2.75) is 32.1 Å². The first-order chi connectivity index (χ1) is 12.6. The van der Waals surface area contributed by atoms with E-state index in [1.807, 2.05) is 6.07 Å². The Kier molecular flexibility index (Phi) is 5.20. The second kappa shape index (κ2) is 7.59. The van der Waals surface area contributed by atoms with Gasteiger partial charge in [0.2, 0.25) is 0 Å². The summed E-state index contributed by atoms with van der Waals surface area (Å²) in [5.74, 6) is 1.42. The van der Waals surface area contributed by atoms with Gasteiger partial charge in [-0.25, -0.2) is 0 Å². The highest BCUT2D eigenvalue weighted by Gasteiger charge is 2.22. The smallest absolute Gasteiger partial charge is 0.259 e. The van der Waals surface area contributed by atoms with Gasteiger partial charge in [-0.2, -0.15) is 0 Å². The van der Waals surface area contributed by atoms with Gasteiger partial charge in [0.25, 0.3) is 5.56 Å². The van der Waals surface area contributed by atoms with Crippen molar-refractivity contribution < 1.29 is 0 Å². The van der Waals surface area contributed by atoms with Gasteiger partial charge in [0.05, 0.1) is 10.9 Å². The molecule has 0 saturated heterocycles. The molecule has 3 atom stereocenters. The Balaban J connectivity index is 1.63. The lowest BCUT2D eigenvalue weighted by atomic mass is 9.79. The second-order valence-corrected chi connectivity index (χ2v) is 9.40. The second-order valence-electron chi connectivity index (χ2n) is 7.30. The average molecular weight is 390 g/mol. The normalized spacial score (nSPS) is 26.3. The Labute approximate surface area is 160 Å². The first kappa shape index (κ1) is 17.8. The fourth-order valence-corrected chi connectivity index (χ4v) is 5.80. The van der Waals surface area contributed by atoms with Crippen molar-refractivity contribution in [3.8, 4) is 0 Å². The number of nitrogens with two attached hydrogens (primary N) is 1. The van der Waals surface area contributed by atoms with Gasteiger partial charge in [-0.15, -0.1) is 0 Å². The zero-order valence-electron chi connectivity index (χ0n) is 14.6. The minimum Gasteiger partial charge on any atom is -0.336 e. The van der Waals surface area contributed by atoms with Crippen LogP contribution in [0.3, 0.4) is 0 Å². The Morgan fingerprint density at radius 2 is 2.08 bits per heavy atom. The third-order valence-electron chi connectivity index (χ3n) is 5.39. The monoisotopic (exact) mass is 389 g/mol. The molecule has 2 aromatic rings. The van der Waals surface area contributed by atoms with Gasteiger partial charge >= 0.3 is 0 Å². The quantitative estimate of drug-likeness (QED) is 0.654. The van der Waals surface area contributed by atoms with Crippen molar-refractivity contribution in [3.05, 3.63) is 60.8 Å². The van der Waals surface area contributed by atoms with E-state index in [0.29, 0.717) is 16.3 Å². The van der Waals surface area contributed by atoms with Crippen LogP contribution in [0.5, 0.6) is 0 Å². The molecule has 1 aromatic carbocycles. The molecule has 3 unspecified atom stereocenters. The maximum Gasteiger partial charge on any atom is 0.259 e. The number of H-pyrrole nitrogens is 2. The van der Waals surface area contributed by atoms with Crippen molar-refractivity contribution >= 4 is 33.0 Å². The summed E-state index contributed by atoms with van der Waals surface area (Å²) in [4.78, 5) is 18.7. The largest absolute Gasteiger partial charge is 0.336 e. The maximum absolute atomic E-state index is 12.4. The number of aromatic amines is 2. The molecule has 1 saturated carbocycles. The number of benzene rings is 1. The lowest BCUT2D eigenvalue weighted by Crippen LogP contribution is -2.22. The summed E-state index contributed by atoms with van der Waals surface area (Å²) in [5.41, 5.74) is 7.96. The molecule has 4 N–H and O–H groups in total. The van der Waals surface area contributed by atoms with Gasteiger partial charge in [0.1, 0.15) is 4.77 Å². The topological polar surface area (TPSA) is 74.7 Å². The molecule has 6 heteroatoms. The van der Waals surface area contributed by atoms with Crippen LogP contribution in [0.25, 0.3) is 10.9 Å². The summed E-state index contributed by atoms with van der Waals surface area (Å²) in [6.45, 7) is 0.813. The highest BCUT2D eigenvalue weighted by atomic mass is 35.5. The molecule has 2 aliphatic rings. The first-order valence-corrected chi connectivity index (χ1v) is 10.9. The van der Waals surface area contributed by atoms with E-state index in [-0.39, 0.29) is 16.0 Å². The number of rotatable bonds is 3. The summed E-state index contributed by atoms with van der Waals surface area (Å²) in [7, 11) is -0.219.